The number of H-pyrrole nitrogens is 1. The van der Waals surface area contributed by atoms with Gasteiger partial charge in [0.05, 0.1) is 12.8 Å². The minimum Gasteiger partial charge on any atom is -0.493 e. The Hall–Kier alpha value is -2.15. The number of rotatable bonds is 5. The van der Waals surface area contributed by atoms with E-state index in [9.17, 15) is 4.79 Å². The van der Waals surface area contributed by atoms with Gasteiger partial charge in [-0.1, -0.05) is 15.9 Å². The van der Waals surface area contributed by atoms with E-state index in [0.717, 1.165) is 15.7 Å². The number of carbonyl (C=O) groups excluding carboxylic acids is 1. The number of hydrogen-bond donors (Lipinski definition) is 2. The van der Waals surface area contributed by atoms with Crippen LogP contribution in [-0.4, -0.2) is 28.9 Å². The monoisotopic (exact) mass is 350 g/mol. The number of hydrazone groups is 1. The SMILES string of the molecule is CCOc1ccc(Br)cc1C=NNC(=O)c1cc(C)[nH]n1. The molecule has 0 fully saturated rings. The van der Waals surface area contributed by atoms with Crippen molar-refractivity contribution in [3.8, 4) is 5.75 Å². The molecule has 0 saturated heterocycles. The molecule has 0 radical (unpaired) electrons. The second kappa shape index (κ2) is 7.03. The summed E-state index contributed by atoms with van der Waals surface area (Å²) in [6, 6.07) is 7.23. The van der Waals surface area contributed by atoms with E-state index in [1.54, 1.807) is 6.07 Å². The van der Waals surface area contributed by atoms with Crippen LogP contribution in [0, 0.1) is 6.92 Å². The van der Waals surface area contributed by atoms with Gasteiger partial charge >= 0.3 is 0 Å². The molecule has 0 aliphatic heterocycles. The van der Waals surface area contributed by atoms with Gasteiger partial charge in [-0.05, 0) is 38.1 Å². The topological polar surface area (TPSA) is 79.4 Å². The smallest absolute Gasteiger partial charge is 0.291 e. The molecule has 2 N–H and O–H groups in total. The Labute approximate surface area is 130 Å². The molecule has 1 aromatic carbocycles. The number of benzene rings is 1. The molecular formula is C14H15BrN4O2. The zero-order chi connectivity index (χ0) is 15.2. The van der Waals surface area contributed by atoms with Crippen LogP contribution in [-0.2, 0) is 0 Å². The van der Waals surface area contributed by atoms with Crippen molar-refractivity contribution in [2.45, 2.75) is 13.8 Å². The van der Waals surface area contributed by atoms with Crippen molar-refractivity contribution >= 4 is 28.1 Å². The second-order valence-electron chi connectivity index (χ2n) is 4.25. The highest BCUT2D eigenvalue weighted by Crippen LogP contribution is 2.21. The lowest BCUT2D eigenvalue weighted by atomic mass is 10.2. The van der Waals surface area contributed by atoms with Crippen LogP contribution in [0.15, 0.2) is 33.8 Å². The van der Waals surface area contributed by atoms with Gasteiger partial charge in [0.2, 0.25) is 0 Å². The maximum Gasteiger partial charge on any atom is 0.291 e. The molecule has 0 aliphatic carbocycles. The summed E-state index contributed by atoms with van der Waals surface area (Å²) in [6.45, 7) is 4.29. The number of aryl methyl sites for hydroxylation is 1. The summed E-state index contributed by atoms with van der Waals surface area (Å²) in [5.41, 5.74) is 4.30. The van der Waals surface area contributed by atoms with Crippen molar-refractivity contribution in [1.82, 2.24) is 15.6 Å². The molecule has 0 atom stereocenters. The Bertz CT molecular complexity index is 667. The number of aromatic amines is 1. The average molecular weight is 351 g/mol. The molecule has 0 aliphatic rings. The molecule has 110 valence electrons. The van der Waals surface area contributed by atoms with Gasteiger partial charge in [-0.25, -0.2) is 5.43 Å². The number of carbonyl (C=O) groups is 1. The highest BCUT2D eigenvalue weighted by molar-refractivity contribution is 9.10. The maximum absolute atomic E-state index is 11.8. The van der Waals surface area contributed by atoms with Gasteiger partial charge in [-0.3, -0.25) is 9.89 Å². The van der Waals surface area contributed by atoms with Crippen LogP contribution in [0.25, 0.3) is 0 Å². The van der Waals surface area contributed by atoms with Gasteiger partial charge in [0.1, 0.15) is 5.75 Å². The van der Waals surface area contributed by atoms with Gasteiger partial charge in [0.25, 0.3) is 5.91 Å². The third kappa shape index (κ3) is 4.16. The molecule has 2 rings (SSSR count). The number of amides is 1. The van der Waals surface area contributed by atoms with E-state index in [-0.39, 0.29) is 5.91 Å². The summed E-state index contributed by atoms with van der Waals surface area (Å²) in [7, 11) is 0. The molecule has 7 heteroatoms. The fraction of sp³-hybridized carbons (Fsp3) is 0.214. The third-order valence-corrected chi connectivity index (χ3v) is 3.07. The van der Waals surface area contributed by atoms with E-state index >= 15 is 0 Å². The van der Waals surface area contributed by atoms with Gasteiger partial charge in [-0.15, -0.1) is 0 Å². The maximum atomic E-state index is 11.8. The molecule has 0 bridgehead atoms. The van der Waals surface area contributed by atoms with Gasteiger partial charge in [0, 0.05) is 15.7 Å². The third-order valence-electron chi connectivity index (χ3n) is 2.58. The fourth-order valence-electron chi connectivity index (χ4n) is 1.66. The van der Waals surface area contributed by atoms with Gasteiger partial charge in [0.15, 0.2) is 5.69 Å². The van der Waals surface area contributed by atoms with E-state index in [0.29, 0.717) is 18.1 Å². The van der Waals surface area contributed by atoms with Crippen LogP contribution in [0.1, 0.15) is 28.7 Å². The number of nitrogens with one attached hydrogen (secondary N) is 2. The quantitative estimate of drug-likeness (QED) is 0.642. The Kier molecular flexibility index (Phi) is 5.10. The van der Waals surface area contributed by atoms with Crippen LogP contribution >= 0.6 is 15.9 Å². The number of halogens is 1. The number of nitrogens with zero attached hydrogens (tertiary/aromatic N) is 2. The van der Waals surface area contributed by atoms with Crippen LogP contribution in [0.5, 0.6) is 5.75 Å². The van der Waals surface area contributed by atoms with Crippen LogP contribution in [0.4, 0.5) is 0 Å². The van der Waals surface area contributed by atoms with Gasteiger partial charge < -0.3 is 4.74 Å². The molecule has 21 heavy (non-hydrogen) atoms. The summed E-state index contributed by atoms with van der Waals surface area (Å²) >= 11 is 3.39. The zero-order valence-corrected chi connectivity index (χ0v) is 13.3. The Morgan fingerprint density at radius 3 is 3.00 bits per heavy atom. The summed E-state index contributed by atoms with van der Waals surface area (Å²) in [5, 5.41) is 10.5. The van der Waals surface area contributed by atoms with Crippen LogP contribution in [0.2, 0.25) is 0 Å². The van der Waals surface area contributed by atoms with Crippen molar-refractivity contribution in [3.05, 3.63) is 45.7 Å². The first-order valence-corrected chi connectivity index (χ1v) is 7.17. The number of ether oxygens (including phenoxy) is 1. The zero-order valence-electron chi connectivity index (χ0n) is 11.7. The molecule has 2 aromatic rings. The number of aromatic nitrogens is 2. The lowest BCUT2D eigenvalue weighted by molar-refractivity contribution is 0.0950. The summed E-state index contributed by atoms with van der Waals surface area (Å²) in [6.07, 6.45) is 1.53. The van der Waals surface area contributed by atoms with E-state index in [4.69, 9.17) is 4.74 Å². The molecule has 1 amide bonds. The molecule has 0 unspecified atom stereocenters. The van der Waals surface area contributed by atoms with Crippen molar-refractivity contribution in [3.63, 3.8) is 0 Å². The molecule has 1 heterocycles. The standard InChI is InChI=1S/C14H15BrN4O2/c1-3-21-13-5-4-11(15)7-10(13)8-16-19-14(20)12-6-9(2)17-18-12/h4-8H,3H2,1-2H3,(H,17,18)(H,19,20). The minimum absolute atomic E-state index is 0.295. The number of hydrogen-bond acceptors (Lipinski definition) is 4. The second-order valence-corrected chi connectivity index (χ2v) is 5.17. The van der Waals surface area contributed by atoms with Crippen LogP contribution in [0.3, 0.4) is 0 Å². The van der Waals surface area contributed by atoms with E-state index in [1.807, 2.05) is 32.0 Å². The van der Waals surface area contributed by atoms with Gasteiger partial charge in [-0.2, -0.15) is 10.2 Å². The van der Waals surface area contributed by atoms with Crippen molar-refractivity contribution in [1.29, 1.82) is 0 Å². The average Bonchev–Trinajstić information content (AvgIpc) is 2.88. The Morgan fingerprint density at radius 2 is 2.33 bits per heavy atom. The highest BCUT2D eigenvalue weighted by atomic mass is 79.9. The summed E-state index contributed by atoms with van der Waals surface area (Å²) in [4.78, 5) is 11.8. The lowest BCUT2D eigenvalue weighted by Crippen LogP contribution is -2.18. The van der Waals surface area contributed by atoms with E-state index < -0.39 is 0 Å². The summed E-state index contributed by atoms with van der Waals surface area (Å²) < 4.78 is 6.40. The Morgan fingerprint density at radius 1 is 1.52 bits per heavy atom. The van der Waals surface area contributed by atoms with E-state index in [2.05, 4.69) is 36.7 Å². The minimum atomic E-state index is -0.372. The van der Waals surface area contributed by atoms with Crippen molar-refractivity contribution in [2.75, 3.05) is 6.61 Å². The summed E-state index contributed by atoms with van der Waals surface area (Å²) in [5.74, 6) is 0.331. The molecular weight excluding hydrogens is 336 g/mol. The van der Waals surface area contributed by atoms with Crippen molar-refractivity contribution < 1.29 is 9.53 Å². The Balaban J connectivity index is 2.07. The predicted molar refractivity (Wildman–Crippen MR) is 83.7 cm³/mol. The highest BCUT2D eigenvalue weighted by Gasteiger charge is 2.08. The first-order chi connectivity index (χ1) is 10.1. The first-order valence-electron chi connectivity index (χ1n) is 6.38. The fourth-order valence-corrected chi connectivity index (χ4v) is 2.04. The predicted octanol–water partition coefficient (Wildman–Crippen LogP) is 2.64. The first kappa shape index (κ1) is 15.2. The van der Waals surface area contributed by atoms with Crippen molar-refractivity contribution in [2.24, 2.45) is 5.10 Å². The lowest BCUT2D eigenvalue weighted by Gasteiger charge is -2.06. The molecule has 6 nitrogen and oxygen atoms in total. The van der Waals surface area contributed by atoms with Crippen LogP contribution < -0.4 is 10.2 Å². The largest absolute Gasteiger partial charge is 0.493 e. The normalized spacial score (nSPS) is 10.8. The molecule has 1 aromatic heterocycles. The van der Waals surface area contributed by atoms with E-state index in [1.165, 1.54) is 6.21 Å². The molecule has 0 spiro atoms. The molecule has 0 saturated carbocycles.